The van der Waals surface area contributed by atoms with E-state index in [9.17, 15) is 18.4 Å². The number of halogens is 1. The Hall–Kier alpha value is -2.53. The maximum atomic E-state index is 13.4. The van der Waals surface area contributed by atoms with Gasteiger partial charge in [-0.05, 0) is 30.7 Å². The number of sulfonamides is 1. The van der Waals surface area contributed by atoms with Crippen molar-refractivity contribution in [3.63, 3.8) is 0 Å². The van der Waals surface area contributed by atoms with Crippen LogP contribution in [0.2, 0.25) is 5.02 Å². The number of hydrogen-bond acceptors (Lipinski definition) is 8. The number of fused-ring (bicyclic) bond motifs is 2. The molecule has 1 amide bonds. The van der Waals surface area contributed by atoms with Crippen LogP contribution < -0.4 is 0 Å². The summed E-state index contributed by atoms with van der Waals surface area (Å²) in [4.78, 5) is 23.3. The molecule has 1 atom stereocenters. The van der Waals surface area contributed by atoms with Crippen molar-refractivity contribution >= 4 is 49.8 Å². The molecular weight excluding hydrogens is 512 g/mol. The van der Waals surface area contributed by atoms with Gasteiger partial charge in [-0.3, -0.25) is 4.79 Å². The highest BCUT2D eigenvalue weighted by Crippen LogP contribution is 2.29. The van der Waals surface area contributed by atoms with Crippen molar-refractivity contribution in [3.05, 3.63) is 44.9 Å². The number of H-pyrrole nitrogens is 1. The second kappa shape index (κ2) is 9.50. The quantitative estimate of drug-likeness (QED) is 0.514. The van der Waals surface area contributed by atoms with E-state index >= 15 is 0 Å². The van der Waals surface area contributed by atoms with Gasteiger partial charge in [-0.2, -0.15) is 14.6 Å². The Kier molecular flexibility index (Phi) is 6.56. The topological polar surface area (TPSA) is 134 Å². The highest BCUT2D eigenvalue weighted by atomic mass is 35.5. The first-order valence-corrected chi connectivity index (χ1v) is 13.8. The first-order chi connectivity index (χ1) is 16.8. The molecule has 4 heterocycles. The smallest absolute Gasteiger partial charge is 0.283 e. The molecule has 1 aromatic carbocycles. The average Bonchev–Trinajstić information content (AvgIpc) is 3.46. The second-order valence-corrected chi connectivity index (χ2v) is 12.0. The number of benzene rings is 1. The van der Waals surface area contributed by atoms with Crippen molar-refractivity contribution in [2.75, 3.05) is 26.2 Å². The lowest BCUT2D eigenvalue weighted by molar-refractivity contribution is -0.102. The fourth-order valence-corrected chi connectivity index (χ4v) is 7.28. The fourth-order valence-electron chi connectivity index (χ4n) is 4.54. The summed E-state index contributed by atoms with van der Waals surface area (Å²) in [6, 6.07) is 8.31. The van der Waals surface area contributed by atoms with Gasteiger partial charge in [-0.25, -0.2) is 13.4 Å². The minimum atomic E-state index is -3.85. The third-order valence-corrected chi connectivity index (χ3v) is 9.46. The Morgan fingerprint density at radius 1 is 1.31 bits per heavy atom. The summed E-state index contributed by atoms with van der Waals surface area (Å²) in [6.45, 7) is 1.20. The van der Waals surface area contributed by atoms with Crippen molar-refractivity contribution in [1.82, 2.24) is 24.2 Å². The van der Waals surface area contributed by atoms with Crippen molar-refractivity contribution in [2.24, 2.45) is 0 Å². The van der Waals surface area contributed by atoms with E-state index in [4.69, 9.17) is 16.9 Å². The van der Waals surface area contributed by atoms with Crippen LogP contribution in [0.4, 0.5) is 0 Å². The lowest BCUT2D eigenvalue weighted by atomic mass is 10.1. The lowest BCUT2D eigenvalue weighted by Crippen LogP contribution is -2.56. The van der Waals surface area contributed by atoms with Gasteiger partial charge in [0.05, 0.1) is 18.3 Å². The van der Waals surface area contributed by atoms with E-state index in [1.54, 1.807) is 29.2 Å². The van der Waals surface area contributed by atoms with Crippen molar-refractivity contribution in [1.29, 1.82) is 5.26 Å². The number of carbonyl (C=O) groups is 1. The standard InChI is InChI=1S/C22H23ClN6O4S2/c23-15-3-4-17-14(10-15)11-20(25-17)35(32,33)28-8-9-29(16(12-28)2-1-6-24)22(30)21-26-18-5-7-27(31)13-19(18)34-21/h3-4,10-11,16,25,31H,1-2,5,7-9,12-13H2. The number of thiazole rings is 1. The van der Waals surface area contributed by atoms with Gasteiger partial charge in [0.2, 0.25) is 0 Å². The minimum Gasteiger partial charge on any atom is -0.345 e. The zero-order valence-corrected chi connectivity index (χ0v) is 21.0. The van der Waals surface area contributed by atoms with Crippen molar-refractivity contribution < 1.29 is 18.4 Å². The zero-order valence-electron chi connectivity index (χ0n) is 18.6. The van der Waals surface area contributed by atoms with Crippen LogP contribution in [0.5, 0.6) is 0 Å². The first-order valence-electron chi connectivity index (χ1n) is 11.1. The molecule has 184 valence electrons. The Bertz CT molecular complexity index is 1430. The van der Waals surface area contributed by atoms with E-state index in [0.717, 1.165) is 10.6 Å². The lowest BCUT2D eigenvalue weighted by Gasteiger charge is -2.40. The van der Waals surface area contributed by atoms with E-state index in [0.29, 0.717) is 46.9 Å². The highest BCUT2D eigenvalue weighted by Gasteiger charge is 2.38. The first kappa shape index (κ1) is 24.2. The number of rotatable bonds is 5. The van der Waals surface area contributed by atoms with Gasteiger partial charge in [0.25, 0.3) is 15.9 Å². The maximum absolute atomic E-state index is 13.4. The SMILES string of the molecule is N#CCCC1CN(S(=O)(=O)c2cc3cc(Cl)ccc3[nH]2)CCN1C(=O)c1nc2c(s1)CN(O)CC2. The average molecular weight is 535 g/mol. The number of nitrogens with zero attached hydrogens (tertiary/aromatic N) is 5. The summed E-state index contributed by atoms with van der Waals surface area (Å²) in [7, 11) is -3.85. The number of hydroxylamine groups is 2. The summed E-state index contributed by atoms with van der Waals surface area (Å²) in [5, 5.41) is 21.7. The molecule has 5 rings (SSSR count). The van der Waals surface area contributed by atoms with Crippen LogP contribution in [0.25, 0.3) is 10.9 Å². The number of aromatic amines is 1. The largest absolute Gasteiger partial charge is 0.345 e. The van der Waals surface area contributed by atoms with Crippen LogP contribution in [0.3, 0.4) is 0 Å². The number of amides is 1. The van der Waals surface area contributed by atoms with Gasteiger partial charge in [0.1, 0.15) is 5.03 Å². The van der Waals surface area contributed by atoms with E-state index in [1.807, 2.05) is 0 Å². The number of nitrogens with one attached hydrogen (secondary N) is 1. The molecule has 3 aromatic rings. The molecule has 0 radical (unpaired) electrons. The number of carbonyl (C=O) groups excluding carboxylic acids is 1. The van der Waals surface area contributed by atoms with E-state index in [2.05, 4.69) is 16.0 Å². The van der Waals surface area contributed by atoms with Crippen molar-refractivity contribution in [2.45, 2.75) is 36.9 Å². The summed E-state index contributed by atoms with van der Waals surface area (Å²) in [5.74, 6) is -0.269. The third kappa shape index (κ3) is 4.67. The number of nitriles is 1. The molecule has 1 unspecified atom stereocenters. The summed E-state index contributed by atoms with van der Waals surface area (Å²) in [5.41, 5.74) is 1.48. The molecule has 1 saturated heterocycles. The van der Waals surface area contributed by atoms with Crippen LogP contribution >= 0.6 is 22.9 Å². The highest BCUT2D eigenvalue weighted by molar-refractivity contribution is 7.89. The summed E-state index contributed by atoms with van der Waals surface area (Å²) in [6.07, 6.45) is 1.11. The monoisotopic (exact) mass is 534 g/mol. The van der Waals surface area contributed by atoms with Crippen molar-refractivity contribution in [3.8, 4) is 6.07 Å². The van der Waals surface area contributed by atoms with E-state index < -0.39 is 16.1 Å². The Balaban J connectivity index is 1.38. The van der Waals surface area contributed by atoms with Gasteiger partial charge in [0, 0.05) is 65.9 Å². The molecule has 2 aliphatic rings. The Labute approximate surface area is 211 Å². The molecule has 13 heteroatoms. The van der Waals surface area contributed by atoms with Gasteiger partial charge in [0.15, 0.2) is 5.01 Å². The molecule has 35 heavy (non-hydrogen) atoms. The van der Waals surface area contributed by atoms with Gasteiger partial charge >= 0.3 is 0 Å². The Morgan fingerprint density at radius 3 is 2.94 bits per heavy atom. The molecule has 0 spiro atoms. The fraction of sp³-hybridized carbons (Fsp3) is 0.409. The third-order valence-electron chi connectivity index (χ3n) is 6.37. The number of piperazine rings is 1. The van der Waals surface area contributed by atoms with Gasteiger partial charge in [-0.15, -0.1) is 11.3 Å². The summed E-state index contributed by atoms with van der Waals surface area (Å²) >= 11 is 7.30. The molecule has 0 bridgehead atoms. The van der Waals surface area contributed by atoms with Crippen LogP contribution in [0.1, 0.15) is 33.2 Å². The molecule has 0 aliphatic carbocycles. The van der Waals surface area contributed by atoms with Gasteiger partial charge < -0.3 is 15.1 Å². The molecule has 2 N–H and O–H groups in total. The molecule has 2 aromatic heterocycles. The molecular formula is C22H23ClN6O4S2. The van der Waals surface area contributed by atoms with E-state index in [1.165, 1.54) is 20.7 Å². The molecule has 10 nitrogen and oxygen atoms in total. The second-order valence-electron chi connectivity index (χ2n) is 8.60. The number of aromatic nitrogens is 2. The van der Waals surface area contributed by atoms with Crippen LogP contribution in [0, 0.1) is 11.3 Å². The van der Waals surface area contributed by atoms with E-state index in [-0.39, 0.29) is 37.0 Å². The van der Waals surface area contributed by atoms with Gasteiger partial charge in [-0.1, -0.05) is 11.6 Å². The minimum absolute atomic E-state index is 0.0646. The normalized spacial score (nSPS) is 19.6. The number of hydrogen-bond donors (Lipinski definition) is 2. The Morgan fingerprint density at radius 2 is 2.14 bits per heavy atom. The predicted molar refractivity (Wildman–Crippen MR) is 130 cm³/mol. The molecule has 1 fully saturated rings. The summed E-state index contributed by atoms with van der Waals surface area (Å²) < 4.78 is 28.2. The van der Waals surface area contributed by atoms with Crippen LogP contribution in [0.15, 0.2) is 29.3 Å². The maximum Gasteiger partial charge on any atom is 0.283 e. The predicted octanol–water partition coefficient (Wildman–Crippen LogP) is 2.84. The molecule has 2 aliphatic heterocycles. The molecule has 0 saturated carbocycles. The van der Waals surface area contributed by atoms with Crippen LogP contribution in [-0.2, 0) is 23.0 Å². The van der Waals surface area contributed by atoms with Crippen LogP contribution in [-0.4, -0.2) is 76.0 Å². The zero-order chi connectivity index (χ0) is 24.7.